The van der Waals surface area contributed by atoms with E-state index < -0.39 is 34.8 Å². The van der Waals surface area contributed by atoms with Gasteiger partial charge in [-0.25, -0.2) is 13.6 Å². The lowest BCUT2D eigenvalue weighted by Gasteiger charge is -2.31. The van der Waals surface area contributed by atoms with Crippen molar-refractivity contribution in [2.75, 3.05) is 6.54 Å². The minimum Gasteiger partial charge on any atom is -0.444 e. The Labute approximate surface area is 146 Å². The lowest BCUT2D eigenvalue weighted by atomic mass is 9.96. The first-order valence-corrected chi connectivity index (χ1v) is 8.35. The SMILES string of the molecule is CC(C)(C)OC(=O)NCC1(NC(=O)c2cccc(F)c2F)CCCC1. The fourth-order valence-electron chi connectivity index (χ4n) is 2.94. The van der Waals surface area contributed by atoms with Crippen LogP contribution in [0.2, 0.25) is 0 Å². The molecule has 0 spiro atoms. The maximum absolute atomic E-state index is 13.8. The smallest absolute Gasteiger partial charge is 0.407 e. The number of hydrogen-bond acceptors (Lipinski definition) is 3. The van der Waals surface area contributed by atoms with E-state index in [4.69, 9.17) is 4.74 Å². The Morgan fingerprint density at radius 2 is 1.84 bits per heavy atom. The Morgan fingerprint density at radius 1 is 1.20 bits per heavy atom. The largest absolute Gasteiger partial charge is 0.444 e. The third kappa shape index (κ3) is 5.14. The van der Waals surface area contributed by atoms with E-state index in [0.29, 0.717) is 12.8 Å². The molecule has 0 heterocycles. The molecule has 2 rings (SSSR count). The average molecular weight is 354 g/mol. The van der Waals surface area contributed by atoms with Gasteiger partial charge in [-0.3, -0.25) is 4.79 Å². The number of ether oxygens (including phenoxy) is 1. The molecule has 0 aliphatic heterocycles. The summed E-state index contributed by atoms with van der Waals surface area (Å²) in [4.78, 5) is 24.2. The number of hydrogen-bond donors (Lipinski definition) is 2. The molecule has 138 valence electrons. The van der Waals surface area contributed by atoms with Gasteiger partial charge in [-0.1, -0.05) is 18.9 Å². The average Bonchev–Trinajstić information content (AvgIpc) is 2.95. The fourth-order valence-corrected chi connectivity index (χ4v) is 2.94. The van der Waals surface area contributed by atoms with E-state index in [2.05, 4.69) is 10.6 Å². The highest BCUT2D eigenvalue weighted by Crippen LogP contribution is 2.30. The van der Waals surface area contributed by atoms with Gasteiger partial charge in [-0.15, -0.1) is 0 Å². The second-order valence-corrected chi connectivity index (χ2v) is 7.40. The van der Waals surface area contributed by atoms with Crippen LogP contribution in [0.1, 0.15) is 56.8 Å². The van der Waals surface area contributed by atoms with Crippen molar-refractivity contribution in [3.63, 3.8) is 0 Å². The van der Waals surface area contributed by atoms with Gasteiger partial charge in [0.05, 0.1) is 11.1 Å². The van der Waals surface area contributed by atoms with Crippen molar-refractivity contribution in [1.82, 2.24) is 10.6 Å². The van der Waals surface area contributed by atoms with Gasteiger partial charge in [0, 0.05) is 6.54 Å². The van der Waals surface area contributed by atoms with Crippen molar-refractivity contribution in [1.29, 1.82) is 0 Å². The van der Waals surface area contributed by atoms with Crippen molar-refractivity contribution < 1.29 is 23.1 Å². The van der Waals surface area contributed by atoms with Crippen molar-refractivity contribution >= 4 is 12.0 Å². The summed E-state index contributed by atoms with van der Waals surface area (Å²) in [5.74, 6) is -2.93. The standard InChI is InChI=1S/C18H24F2N2O3/c1-17(2,3)25-16(24)21-11-18(9-4-5-10-18)22-15(23)12-7-6-8-13(19)14(12)20/h6-8H,4-5,9-11H2,1-3H3,(H,21,24)(H,22,23). The van der Waals surface area contributed by atoms with Gasteiger partial charge in [-0.05, 0) is 45.7 Å². The minimum atomic E-state index is -1.17. The summed E-state index contributed by atoms with van der Waals surface area (Å²) in [5, 5.41) is 5.44. The zero-order chi connectivity index (χ0) is 18.7. The summed E-state index contributed by atoms with van der Waals surface area (Å²) in [6.07, 6.45) is 2.46. The van der Waals surface area contributed by atoms with Crippen molar-refractivity contribution in [3.8, 4) is 0 Å². The van der Waals surface area contributed by atoms with E-state index in [1.54, 1.807) is 20.8 Å². The summed E-state index contributed by atoms with van der Waals surface area (Å²) in [7, 11) is 0. The van der Waals surface area contributed by atoms with Gasteiger partial charge in [0.2, 0.25) is 0 Å². The monoisotopic (exact) mass is 354 g/mol. The van der Waals surface area contributed by atoms with Gasteiger partial charge < -0.3 is 15.4 Å². The van der Waals surface area contributed by atoms with E-state index in [1.165, 1.54) is 12.1 Å². The van der Waals surface area contributed by atoms with E-state index in [0.717, 1.165) is 18.9 Å². The second-order valence-electron chi connectivity index (χ2n) is 7.40. The van der Waals surface area contributed by atoms with Crippen LogP contribution >= 0.6 is 0 Å². The van der Waals surface area contributed by atoms with Gasteiger partial charge in [0.15, 0.2) is 11.6 Å². The molecule has 0 aromatic heterocycles. The molecule has 1 fully saturated rings. The number of carbonyl (C=O) groups is 2. The first-order valence-electron chi connectivity index (χ1n) is 8.35. The number of alkyl carbamates (subject to hydrolysis) is 1. The zero-order valence-corrected chi connectivity index (χ0v) is 14.7. The zero-order valence-electron chi connectivity index (χ0n) is 14.7. The molecule has 1 aliphatic rings. The predicted octanol–water partition coefficient (Wildman–Crippen LogP) is 3.53. The van der Waals surface area contributed by atoms with E-state index in [9.17, 15) is 18.4 Å². The van der Waals surface area contributed by atoms with Crippen LogP contribution in [0.4, 0.5) is 13.6 Å². The Hall–Kier alpha value is -2.18. The topological polar surface area (TPSA) is 67.4 Å². The third-order valence-corrected chi connectivity index (χ3v) is 4.11. The van der Waals surface area contributed by atoms with Crippen LogP contribution in [0.15, 0.2) is 18.2 Å². The Bertz CT molecular complexity index is 650. The molecule has 25 heavy (non-hydrogen) atoms. The molecular formula is C18H24F2N2O3. The number of nitrogens with one attached hydrogen (secondary N) is 2. The number of benzene rings is 1. The number of amides is 2. The molecule has 1 aromatic rings. The summed E-state index contributed by atoms with van der Waals surface area (Å²) in [6.45, 7) is 5.44. The van der Waals surface area contributed by atoms with Crippen molar-refractivity contribution in [2.24, 2.45) is 0 Å². The van der Waals surface area contributed by atoms with Gasteiger partial charge >= 0.3 is 6.09 Å². The van der Waals surface area contributed by atoms with Gasteiger partial charge in [0.1, 0.15) is 5.60 Å². The molecule has 2 N–H and O–H groups in total. The number of rotatable bonds is 4. The summed E-state index contributed by atoms with van der Waals surface area (Å²) in [5.41, 5.74) is -1.66. The van der Waals surface area contributed by atoms with Crippen molar-refractivity contribution in [2.45, 2.75) is 57.6 Å². The van der Waals surface area contributed by atoms with Crippen LogP contribution in [0.25, 0.3) is 0 Å². The van der Waals surface area contributed by atoms with Crippen LogP contribution in [0.3, 0.4) is 0 Å². The first-order chi connectivity index (χ1) is 11.6. The highest BCUT2D eigenvalue weighted by molar-refractivity contribution is 5.95. The molecular weight excluding hydrogens is 330 g/mol. The highest BCUT2D eigenvalue weighted by atomic mass is 19.2. The number of carbonyl (C=O) groups excluding carboxylic acids is 2. The van der Waals surface area contributed by atoms with Gasteiger partial charge in [0.25, 0.3) is 5.91 Å². The quantitative estimate of drug-likeness (QED) is 0.869. The maximum atomic E-state index is 13.8. The van der Waals surface area contributed by atoms with E-state index in [1.807, 2.05) is 0 Å². The molecule has 7 heteroatoms. The van der Waals surface area contributed by atoms with E-state index >= 15 is 0 Å². The lowest BCUT2D eigenvalue weighted by molar-refractivity contribution is 0.0504. The third-order valence-electron chi connectivity index (χ3n) is 4.11. The van der Waals surface area contributed by atoms with Gasteiger partial charge in [-0.2, -0.15) is 0 Å². The Balaban J connectivity index is 2.06. The summed E-state index contributed by atoms with van der Waals surface area (Å²) >= 11 is 0. The van der Waals surface area contributed by atoms with Crippen LogP contribution in [-0.2, 0) is 4.74 Å². The van der Waals surface area contributed by atoms with Crippen LogP contribution in [0, 0.1) is 11.6 Å². The van der Waals surface area contributed by atoms with E-state index in [-0.39, 0.29) is 12.1 Å². The molecule has 5 nitrogen and oxygen atoms in total. The van der Waals surface area contributed by atoms with Crippen LogP contribution in [-0.4, -0.2) is 29.7 Å². The summed E-state index contributed by atoms with van der Waals surface area (Å²) in [6, 6.07) is 3.48. The Morgan fingerprint density at radius 3 is 2.44 bits per heavy atom. The highest BCUT2D eigenvalue weighted by Gasteiger charge is 2.37. The molecule has 0 atom stereocenters. The molecule has 2 amide bonds. The molecule has 0 saturated heterocycles. The molecule has 0 radical (unpaired) electrons. The maximum Gasteiger partial charge on any atom is 0.407 e. The molecule has 0 unspecified atom stereocenters. The first kappa shape index (κ1) is 19.1. The van der Waals surface area contributed by atoms with Crippen LogP contribution in [0.5, 0.6) is 0 Å². The lowest BCUT2D eigenvalue weighted by Crippen LogP contribution is -2.54. The minimum absolute atomic E-state index is 0.171. The molecule has 1 aromatic carbocycles. The number of halogens is 2. The Kier molecular flexibility index (Phi) is 5.65. The fraction of sp³-hybridized carbons (Fsp3) is 0.556. The second kappa shape index (κ2) is 7.37. The molecule has 1 aliphatic carbocycles. The van der Waals surface area contributed by atoms with Crippen LogP contribution < -0.4 is 10.6 Å². The predicted molar refractivity (Wildman–Crippen MR) is 89.3 cm³/mol. The molecule has 0 bridgehead atoms. The summed E-state index contributed by atoms with van der Waals surface area (Å²) < 4.78 is 32.4. The van der Waals surface area contributed by atoms with Crippen molar-refractivity contribution in [3.05, 3.63) is 35.4 Å². The molecule has 1 saturated carbocycles. The normalized spacial score (nSPS) is 16.4.